The van der Waals surface area contributed by atoms with Crippen LogP contribution in [0.3, 0.4) is 0 Å². The molecule has 0 saturated carbocycles. The van der Waals surface area contributed by atoms with Crippen molar-refractivity contribution >= 4 is 16.9 Å². The van der Waals surface area contributed by atoms with Gasteiger partial charge in [0.1, 0.15) is 11.3 Å². The van der Waals surface area contributed by atoms with E-state index < -0.39 is 23.7 Å². The third-order valence-electron chi connectivity index (χ3n) is 2.32. The molecular weight excluding hydrogens is 234 g/mol. The van der Waals surface area contributed by atoms with E-state index in [4.69, 9.17) is 4.42 Å². The molecule has 1 N–H and O–H groups in total. The van der Waals surface area contributed by atoms with E-state index in [1.807, 2.05) is 0 Å². The zero-order valence-electron chi connectivity index (χ0n) is 8.74. The Labute approximate surface area is 94.4 Å². The Morgan fingerprint density at radius 3 is 2.76 bits per heavy atom. The summed E-state index contributed by atoms with van der Waals surface area (Å²) in [5.41, 5.74) is -0.634. The average molecular weight is 242 g/mol. The lowest BCUT2D eigenvalue weighted by molar-refractivity contribution is 0.0553. The molecule has 0 saturated heterocycles. The molecule has 0 bridgehead atoms. The van der Waals surface area contributed by atoms with Crippen molar-refractivity contribution in [1.29, 1.82) is 0 Å². The second-order valence-electron chi connectivity index (χ2n) is 3.29. The van der Waals surface area contributed by atoms with Gasteiger partial charge in [-0.15, -0.1) is 0 Å². The highest BCUT2D eigenvalue weighted by Gasteiger charge is 2.28. The number of carbonyl (C=O) groups excluding carboxylic acids is 1. The van der Waals surface area contributed by atoms with E-state index in [0.29, 0.717) is 0 Å². The highest BCUT2D eigenvalue weighted by atomic mass is 19.3. The summed E-state index contributed by atoms with van der Waals surface area (Å²) in [5.74, 6) is -1.95. The molecule has 0 fully saturated rings. The molecule has 2 rings (SSSR count). The van der Waals surface area contributed by atoms with Crippen LogP contribution in [0.15, 0.2) is 22.6 Å². The number of halogens is 2. The quantitative estimate of drug-likeness (QED) is 0.822. The normalized spacial score (nSPS) is 11.1. The first-order chi connectivity index (χ1) is 8.06. The van der Waals surface area contributed by atoms with E-state index in [-0.39, 0.29) is 16.7 Å². The van der Waals surface area contributed by atoms with Crippen molar-refractivity contribution in [3.05, 3.63) is 29.5 Å². The van der Waals surface area contributed by atoms with Gasteiger partial charge in [-0.05, 0) is 12.1 Å². The van der Waals surface area contributed by atoms with E-state index in [0.717, 1.165) is 7.11 Å². The van der Waals surface area contributed by atoms with Crippen LogP contribution in [0.1, 0.15) is 22.5 Å². The lowest BCUT2D eigenvalue weighted by atomic mass is 10.1. The van der Waals surface area contributed by atoms with E-state index in [1.165, 1.54) is 18.2 Å². The monoisotopic (exact) mass is 242 g/mol. The number of phenols is 1. The minimum Gasteiger partial charge on any atom is -0.507 e. The van der Waals surface area contributed by atoms with Crippen LogP contribution in [0.5, 0.6) is 5.75 Å². The van der Waals surface area contributed by atoms with Crippen LogP contribution in [0.25, 0.3) is 11.0 Å². The molecular formula is C11H8F2O4. The maximum absolute atomic E-state index is 12.9. The Kier molecular flexibility index (Phi) is 2.71. The number of benzene rings is 1. The van der Waals surface area contributed by atoms with Gasteiger partial charge in [0.25, 0.3) is 6.43 Å². The summed E-state index contributed by atoms with van der Waals surface area (Å²) in [6.07, 6.45) is -2.95. The summed E-state index contributed by atoms with van der Waals surface area (Å²) in [7, 11) is 1.06. The molecule has 1 aromatic heterocycles. The predicted molar refractivity (Wildman–Crippen MR) is 54.2 cm³/mol. The highest BCUT2D eigenvalue weighted by Crippen LogP contribution is 2.38. The summed E-state index contributed by atoms with van der Waals surface area (Å²) in [6, 6.07) is 4.05. The number of methoxy groups -OCH3 is 1. The van der Waals surface area contributed by atoms with Crippen molar-refractivity contribution in [3.8, 4) is 5.75 Å². The molecule has 0 amide bonds. The molecule has 1 heterocycles. The van der Waals surface area contributed by atoms with Crippen molar-refractivity contribution in [2.75, 3.05) is 7.11 Å². The fourth-order valence-electron chi connectivity index (χ4n) is 1.61. The zero-order chi connectivity index (χ0) is 12.6. The number of hydrogen-bond donors (Lipinski definition) is 1. The van der Waals surface area contributed by atoms with Crippen LogP contribution >= 0.6 is 0 Å². The van der Waals surface area contributed by atoms with Crippen LogP contribution < -0.4 is 0 Å². The third kappa shape index (κ3) is 1.71. The largest absolute Gasteiger partial charge is 0.507 e. The number of alkyl halides is 2. The topological polar surface area (TPSA) is 59.7 Å². The maximum Gasteiger partial charge on any atom is 0.374 e. The molecule has 0 aliphatic heterocycles. The van der Waals surface area contributed by atoms with Gasteiger partial charge >= 0.3 is 5.97 Å². The highest BCUT2D eigenvalue weighted by molar-refractivity contribution is 5.98. The van der Waals surface area contributed by atoms with E-state index in [2.05, 4.69) is 4.74 Å². The van der Waals surface area contributed by atoms with E-state index >= 15 is 0 Å². The lowest BCUT2D eigenvalue weighted by Crippen LogP contribution is -2.03. The van der Waals surface area contributed by atoms with Crippen LogP contribution in [-0.4, -0.2) is 18.2 Å². The van der Waals surface area contributed by atoms with Crippen LogP contribution in [-0.2, 0) is 4.74 Å². The van der Waals surface area contributed by atoms with Gasteiger partial charge in [-0.2, -0.15) is 0 Å². The number of hydrogen-bond acceptors (Lipinski definition) is 4. The maximum atomic E-state index is 12.9. The Bertz CT molecular complexity index is 574. The van der Waals surface area contributed by atoms with Crippen molar-refractivity contribution in [1.82, 2.24) is 0 Å². The Morgan fingerprint density at radius 1 is 1.47 bits per heavy atom. The van der Waals surface area contributed by atoms with Gasteiger partial charge in [-0.3, -0.25) is 0 Å². The van der Waals surface area contributed by atoms with E-state index in [1.54, 1.807) is 0 Å². The zero-order valence-corrected chi connectivity index (χ0v) is 8.74. The minimum atomic E-state index is -2.95. The molecule has 17 heavy (non-hydrogen) atoms. The van der Waals surface area contributed by atoms with Crippen molar-refractivity contribution < 1.29 is 27.8 Å². The van der Waals surface area contributed by atoms with Crippen molar-refractivity contribution in [3.63, 3.8) is 0 Å². The van der Waals surface area contributed by atoms with Gasteiger partial charge in [0.05, 0.1) is 18.1 Å². The van der Waals surface area contributed by atoms with Gasteiger partial charge in [0.2, 0.25) is 5.76 Å². The molecule has 1 aromatic carbocycles. The van der Waals surface area contributed by atoms with Crippen LogP contribution in [0.2, 0.25) is 0 Å². The summed E-state index contributed by atoms with van der Waals surface area (Å²) < 4.78 is 35.1. The number of rotatable bonds is 2. The predicted octanol–water partition coefficient (Wildman–Crippen LogP) is 2.86. The number of aromatic hydroxyl groups is 1. The number of carbonyl (C=O) groups is 1. The number of phenolic OH excluding ortho intramolecular Hbond substituents is 1. The number of esters is 1. The SMILES string of the molecule is COC(=O)c1oc2cccc(O)c2c1C(F)F. The first kappa shape index (κ1) is 11.4. The van der Waals surface area contributed by atoms with Crippen molar-refractivity contribution in [2.45, 2.75) is 6.43 Å². The number of furan rings is 1. The molecule has 0 aliphatic carbocycles. The smallest absolute Gasteiger partial charge is 0.374 e. The van der Waals surface area contributed by atoms with Gasteiger partial charge in [0, 0.05) is 0 Å². The number of ether oxygens (including phenoxy) is 1. The molecule has 4 nitrogen and oxygen atoms in total. The molecule has 0 spiro atoms. The van der Waals surface area contributed by atoms with Crippen LogP contribution in [0, 0.1) is 0 Å². The molecule has 0 aliphatic rings. The summed E-state index contributed by atoms with van der Waals surface area (Å²) >= 11 is 0. The fourth-order valence-corrected chi connectivity index (χ4v) is 1.61. The van der Waals surface area contributed by atoms with Gasteiger partial charge in [0.15, 0.2) is 0 Å². The summed E-state index contributed by atoms with van der Waals surface area (Å²) in [6.45, 7) is 0. The second-order valence-corrected chi connectivity index (χ2v) is 3.29. The van der Waals surface area contributed by atoms with E-state index in [9.17, 15) is 18.7 Å². The standard InChI is InChI=1S/C11H8F2O4/c1-16-11(15)9-8(10(12)13)7-5(14)3-2-4-6(7)17-9/h2-4,10,14H,1H3. The lowest BCUT2D eigenvalue weighted by Gasteiger charge is -2.00. The Morgan fingerprint density at radius 2 is 2.18 bits per heavy atom. The summed E-state index contributed by atoms with van der Waals surface area (Å²) in [5, 5.41) is 9.36. The molecule has 0 unspecified atom stereocenters. The van der Waals surface area contributed by atoms with Gasteiger partial charge in [-0.25, -0.2) is 13.6 Å². The fraction of sp³-hybridized carbons (Fsp3) is 0.182. The second kappa shape index (κ2) is 4.04. The van der Waals surface area contributed by atoms with Crippen molar-refractivity contribution in [2.24, 2.45) is 0 Å². The van der Waals surface area contributed by atoms with Crippen LogP contribution in [0.4, 0.5) is 8.78 Å². The Balaban J connectivity index is 2.81. The third-order valence-corrected chi connectivity index (χ3v) is 2.32. The minimum absolute atomic E-state index is 0.0145. The summed E-state index contributed by atoms with van der Waals surface area (Å²) in [4.78, 5) is 11.3. The molecule has 0 atom stereocenters. The molecule has 2 aromatic rings. The van der Waals surface area contributed by atoms with Gasteiger partial charge < -0.3 is 14.3 Å². The first-order valence-electron chi connectivity index (χ1n) is 4.67. The molecule has 0 radical (unpaired) electrons. The number of fused-ring (bicyclic) bond motifs is 1. The van der Waals surface area contributed by atoms with Gasteiger partial charge in [-0.1, -0.05) is 6.07 Å². The molecule has 6 heteroatoms. The Hall–Kier alpha value is -2.11. The molecule has 90 valence electrons. The average Bonchev–Trinajstić information content (AvgIpc) is 2.68. The first-order valence-corrected chi connectivity index (χ1v) is 4.67.